The van der Waals surface area contributed by atoms with Gasteiger partial charge in [-0.15, -0.1) is 0 Å². The average Bonchev–Trinajstić information content (AvgIpc) is 3.43. The molecule has 2 aliphatic heterocycles. The van der Waals surface area contributed by atoms with Crippen molar-refractivity contribution in [3.05, 3.63) is 0 Å². The van der Waals surface area contributed by atoms with E-state index in [1.807, 2.05) is 6.92 Å². The van der Waals surface area contributed by atoms with Gasteiger partial charge in [-0.3, -0.25) is 4.79 Å². The van der Waals surface area contributed by atoms with Crippen molar-refractivity contribution < 1.29 is 59.5 Å². The highest BCUT2D eigenvalue weighted by Crippen LogP contribution is 2.86. The van der Waals surface area contributed by atoms with E-state index in [2.05, 4.69) is 13.8 Å². The van der Waals surface area contributed by atoms with Crippen molar-refractivity contribution in [2.45, 2.75) is 114 Å². The Morgan fingerprint density at radius 3 is 2.10 bits per heavy atom. The number of Topliss-reactive ketones (excluding diaryl/α,β-unsaturated/α-hetero) is 1. The van der Waals surface area contributed by atoms with Crippen molar-refractivity contribution in [1.82, 2.24) is 0 Å². The Balaban J connectivity index is 1.28. The van der Waals surface area contributed by atoms with E-state index in [0.29, 0.717) is 5.92 Å². The van der Waals surface area contributed by atoms with Crippen LogP contribution >= 0.6 is 0 Å². The number of aliphatic hydroxyl groups excluding tert-OH is 7. The van der Waals surface area contributed by atoms with E-state index in [0.717, 1.165) is 25.7 Å². The van der Waals surface area contributed by atoms with Gasteiger partial charge in [0.25, 0.3) is 0 Å². The maximum absolute atomic E-state index is 13.9. The molecular formula is C27H42O12. The van der Waals surface area contributed by atoms with Crippen LogP contribution in [0.3, 0.4) is 0 Å². The molecule has 0 radical (unpaired) electrons. The molecule has 222 valence electrons. The Bertz CT molecular complexity index is 978. The number of carbonyl (C=O) groups is 1. The second-order valence-corrected chi connectivity index (χ2v) is 13.2. The van der Waals surface area contributed by atoms with Crippen LogP contribution in [0.15, 0.2) is 0 Å². The average molecular weight is 559 g/mol. The van der Waals surface area contributed by atoms with Gasteiger partial charge in [-0.2, -0.15) is 0 Å². The Hall–Kier alpha value is -0.770. The van der Waals surface area contributed by atoms with Crippen molar-refractivity contribution in [3.63, 3.8) is 0 Å². The van der Waals surface area contributed by atoms with Gasteiger partial charge in [-0.1, -0.05) is 20.8 Å². The fraction of sp³-hybridized carbons (Fsp3) is 0.963. The van der Waals surface area contributed by atoms with E-state index in [4.69, 9.17) is 18.9 Å². The van der Waals surface area contributed by atoms with Crippen LogP contribution < -0.4 is 0 Å². The molecule has 1 spiro atoms. The van der Waals surface area contributed by atoms with Crippen LogP contribution in [0.1, 0.15) is 46.5 Å². The van der Waals surface area contributed by atoms with Crippen LogP contribution in [0.25, 0.3) is 0 Å². The molecule has 6 rings (SSSR count). The lowest BCUT2D eigenvalue weighted by Gasteiger charge is -2.71. The fourth-order valence-electron chi connectivity index (χ4n) is 9.69. The second kappa shape index (κ2) is 9.37. The lowest BCUT2D eigenvalue weighted by molar-refractivity contribution is -0.375. The summed E-state index contributed by atoms with van der Waals surface area (Å²) in [6.07, 6.45) is -12.4. The van der Waals surface area contributed by atoms with Crippen molar-refractivity contribution in [2.75, 3.05) is 13.2 Å². The van der Waals surface area contributed by atoms with Crippen molar-refractivity contribution in [2.24, 2.45) is 34.0 Å². The van der Waals surface area contributed by atoms with E-state index >= 15 is 0 Å². The predicted molar refractivity (Wildman–Crippen MR) is 130 cm³/mol. The molecule has 7 N–H and O–H groups in total. The SMILES string of the molecule is C[C@H]1[C@H](O[C@H]2O[C@@H](CO)[C@H](O)[C@@H](O)[C@@H]2O[C@H]2O[C@@H](CO)[C@H](O)[C@@H](O)[C@@H]2O)C(=O)[C@@H]2C[C@]3(C)[C@H]4CC[C@]1(C4)[C@]23C. The molecule has 4 aliphatic carbocycles. The Morgan fingerprint density at radius 2 is 1.46 bits per heavy atom. The number of fused-ring (bicyclic) bond motifs is 2. The van der Waals surface area contributed by atoms with E-state index in [9.17, 15) is 40.5 Å². The molecule has 0 aromatic rings. The normalized spacial score (nSPS) is 60.2. The first kappa shape index (κ1) is 28.4. The zero-order chi connectivity index (χ0) is 28.2. The van der Waals surface area contributed by atoms with E-state index < -0.39 is 80.7 Å². The zero-order valence-corrected chi connectivity index (χ0v) is 22.5. The van der Waals surface area contributed by atoms with Gasteiger partial charge >= 0.3 is 0 Å². The van der Waals surface area contributed by atoms with E-state index in [1.54, 1.807) is 0 Å². The maximum Gasteiger partial charge on any atom is 0.187 e. The van der Waals surface area contributed by atoms with Crippen molar-refractivity contribution in [3.8, 4) is 0 Å². The Kier molecular flexibility index (Phi) is 6.81. The Labute approximate surface area is 226 Å². The second-order valence-electron chi connectivity index (χ2n) is 13.2. The number of ether oxygens (including phenoxy) is 4. The number of rotatable bonds is 6. The molecule has 6 aliphatic rings. The largest absolute Gasteiger partial charge is 0.394 e. The topological polar surface area (TPSA) is 196 Å². The summed E-state index contributed by atoms with van der Waals surface area (Å²) in [5, 5.41) is 71.7. The molecule has 0 amide bonds. The molecule has 6 fully saturated rings. The smallest absolute Gasteiger partial charge is 0.187 e. The summed E-state index contributed by atoms with van der Waals surface area (Å²) >= 11 is 0. The molecule has 0 aromatic heterocycles. The number of carbonyl (C=O) groups excluding carboxylic acids is 1. The number of ketones is 1. The summed E-state index contributed by atoms with van der Waals surface area (Å²) in [5.41, 5.74) is -0.0594. The van der Waals surface area contributed by atoms with Crippen LogP contribution in [0.5, 0.6) is 0 Å². The van der Waals surface area contributed by atoms with Crippen LogP contribution in [0.4, 0.5) is 0 Å². The number of hydrogen-bond acceptors (Lipinski definition) is 12. The third-order valence-corrected chi connectivity index (χ3v) is 12.2. The molecule has 12 nitrogen and oxygen atoms in total. The highest BCUT2D eigenvalue weighted by atomic mass is 16.8. The minimum absolute atomic E-state index is 0.0306. The van der Waals surface area contributed by atoms with Crippen molar-refractivity contribution >= 4 is 5.78 Å². The van der Waals surface area contributed by atoms with Crippen LogP contribution in [-0.4, -0.2) is 122 Å². The third-order valence-electron chi connectivity index (χ3n) is 12.2. The van der Waals surface area contributed by atoms with Gasteiger partial charge in [0, 0.05) is 5.92 Å². The highest BCUT2D eigenvalue weighted by molar-refractivity contribution is 5.89. The predicted octanol–water partition coefficient (Wildman–Crippen LogP) is -1.95. The van der Waals surface area contributed by atoms with Gasteiger partial charge in [0.05, 0.1) is 13.2 Å². The molecule has 2 saturated heterocycles. The number of hydrogen-bond donors (Lipinski definition) is 7. The maximum atomic E-state index is 13.9. The van der Waals surface area contributed by atoms with Gasteiger partial charge in [-0.25, -0.2) is 0 Å². The monoisotopic (exact) mass is 558 g/mol. The van der Waals surface area contributed by atoms with Crippen LogP contribution in [-0.2, 0) is 23.7 Å². The summed E-state index contributed by atoms with van der Waals surface area (Å²) in [6, 6.07) is 0. The molecule has 12 heteroatoms. The summed E-state index contributed by atoms with van der Waals surface area (Å²) < 4.78 is 23.4. The van der Waals surface area contributed by atoms with Gasteiger partial charge < -0.3 is 54.7 Å². The molecule has 0 unspecified atom stereocenters. The summed E-state index contributed by atoms with van der Waals surface area (Å²) in [7, 11) is 0. The summed E-state index contributed by atoms with van der Waals surface area (Å²) in [6.45, 7) is 5.29. The quantitative estimate of drug-likeness (QED) is 0.178. The molecule has 17 atom stereocenters. The molecule has 39 heavy (non-hydrogen) atoms. The van der Waals surface area contributed by atoms with Gasteiger partial charge in [0.1, 0.15) is 54.9 Å². The van der Waals surface area contributed by atoms with Crippen LogP contribution in [0.2, 0.25) is 0 Å². The number of aliphatic hydroxyl groups is 7. The molecular weight excluding hydrogens is 516 g/mol. The summed E-state index contributed by atoms with van der Waals surface area (Å²) in [5.74, 6) is 0.215. The third kappa shape index (κ3) is 3.48. The first-order valence-electron chi connectivity index (χ1n) is 14.1. The highest BCUT2D eigenvalue weighted by Gasteiger charge is 2.83. The van der Waals surface area contributed by atoms with Crippen LogP contribution in [0, 0.1) is 34.0 Å². The Morgan fingerprint density at radius 1 is 0.846 bits per heavy atom. The van der Waals surface area contributed by atoms with Gasteiger partial charge in [0.15, 0.2) is 18.4 Å². The minimum atomic E-state index is -1.76. The molecule has 2 heterocycles. The standard InChI is InChI=1S/C27H42O12/c1-10-21(15(30)12-7-25(2)11-4-5-27(10,6-11)26(12,25)3)38-24-22(19(34)17(32)14(9-29)37-24)39-23-20(35)18(33)16(31)13(8-28)36-23/h10-14,16-24,28-29,31-35H,4-9H2,1-3H3/t10-,11-,12-,13-,14-,16-,17-,18+,19+,20-,21-,22-,23+,24+,25+,26+,27+/m0/s1. The molecule has 0 aromatic carbocycles. The lowest BCUT2D eigenvalue weighted by atomic mass is 9.32. The first-order valence-corrected chi connectivity index (χ1v) is 14.1. The van der Waals surface area contributed by atoms with Crippen molar-refractivity contribution in [1.29, 1.82) is 0 Å². The lowest BCUT2D eigenvalue weighted by Crippen LogP contribution is -2.72. The molecule has 4 saturated carbocycles. The summed E-state index contributed by atoms with van der Waals surface area (Å²) in [4.78, 5) is 13.9. The van der Waals surface area contributed by atoms with Gasteiger partial charge in [0.2, 0.25) is 0 Å². The van der Waals surface area contributed by atoms with Gasteiger partial charge in [-0.05, 0) is 53.8 Å². The van der Waals surface area contributed by atoms with E-state index in [1.165, 1.54) is 0 Å². The first-order chi connectivity index (χ1) is 18.4. The van der Waals surface area contributed by atoms with E-state index in [-0.39, 0.29) is 33.9 Å². The molecule has 2 bridgehead atoms. The minimum Gasteiger partial charge on any atom is -0.394 e. The zero-order valence-electron chi connectivity index (χ0n) is 22.5. The fourth-order valence-corrected chi connectivity index (χ4v) is 9.69.